The Morgan fingerprint density at radius 3 is 2.24 bits per heavy atom. The Bertz CT molecular complexity index is 1460. The number of carbonyl (C=O) groups excluding carboxylic acids is 3. The molecule has 0 saturated carbocycles. The fraction of sp³-hybridized carbons (Fsp3) is 0.125. The van der Waals surface area contributed by atoms with Gasteiger partial charge < -0.3 is 15.2 Å². The molecule has 1 aliphatic rings. The zero-order valence-electron chi connectivity index (χ0n) is 18.0. The monoisotopic (exact) mass is 484 g/mol. The largest absolute Gasteiger partial charge is 0.465 e. The van der Waals surface area contributed by atoms with Crippen LogP contribution in [-0.4, -0.2) is 36.6 Å². The molecule has 7 nitrogen and oxygen atoms in total. The molecule has 1 aliphatic heterocycles. The van der Waals surface area contributed by atoms with Crippen LogP contribution in [0.5, 0.6) is 0 Å². The number of carbonyl (C=O) groups is 3. The molecule has 0 radical (unpaired) electrons. The predicted molar refractivity (Wildman–Crippen MR) is 122 cm³/mol. The van der Waals surface area contributed by atoms with Crippen LogP contribution in [0.15, 0.2) is 48.5 Å². The summed E-state index contributed by atoms with van der Waals surface area (Å²) in [5, 5.41) is -1.23. The lowest BCUT2D eigenvalue weighted by molar-refractivity contribution is -0.133. The van der Waals surface area contributed by atoms with Crippen LogP contribution in [0.1, 0.15) is 31.7 Å². The van der Waals surface area contributed by atoms with Gasteiger partial charge in [-0.3, -0.25) is 9.36 Å². The van der Waals surface area contributed by atoms with E-state index in [1.807, 2.05) is 0 Å². The van der Waals surface area contributed by atoms with Crippen molar-refractivity contribution in [2.24, 2.45) is 0 Å². The third kappa shape index (κ3) is 3.75. The quantitative estimate of drug-likeness (QED) is 0.568. The van der Waals surface area contributed by atoms with Crippen LogP contribution in [0.2, 0.25) is 0 Å². The summed E-state index contributed by atoms with van der Waals surface area (Å²) in [6.07, 6.45) is 1.32. The van der Waals surface area contributed by atoms with Crippen molar-refractivity contribution in [2.75, 3.05) is 20.0 Å². The highest BCUT2D eigenvalue weighted by molar-refractivity contribution is 8.10. The minimum absolute atomic E-state index is 0.00673. The summed E-state index contributed by atoms with van der Waals surface area (Å²) >= 11 is 0.763. The van der Waals surface area contributed by atoms with Gasteiger partial charge in [-0.05, 0) is 18.2 Å². The Morgan fingerprint density at radius 2 is 1.62 bits per heavy atom. The number of nitrogens with two attached hydrogens (primary N) is 1. The molecule has 2 aromatic carbocycles. The Hall–Kier alpha value is -3.92. The zero-order valence-corrected chi connectivity index (χ0v) is 18.8. The number of ether oxygens (including phenoxy) is 2. The number of benzene rings is 2. The van der Waals surface area contributed by atoms with E-state index in [1.165, 1.54) is 42.5 Å². The SMILES string of the molecule is COC(=O)C1=c2c(=Cc3ccccc3F)c(N)c(C(=O)OC)n2C(=O)C(c2ccccc2F)S1. The van der Waals surface area contributed by atoms with Crippen LogP contribution in [0, 0.1) is 11.6 Å². The summed E-state index contributed by atoms with van der Waals surface area (Å²) in [6, 6.07) is 11.4. The van der Waals surface area contributed by atoms with E-state index in [0.717, 1.165) is 30.5 Å². The van der Waals surface area contributed by atoms with Crippen molar-refractivity contribution < 1.29 is 32.6 Å². The third-order valence-electron chi connectivity index (χ3n) is 5.29. The van der Waals surface area contributed by atoms with Gasteiger partial charge in [-0.15, -0.1) is 0 Å². The number of rotatable bonds is 4. The molecule has 34 heavy (non-hydrogen) atoms. The third-order valence-corrected chi connectivity index (χ3v) is 6.57. The van der Waals surface area contributed by atoms with Gasteiger partial charge in [0, 0.05) is 16.3 Å². The van der Waals surface area contributed by atoms with Crippen LogP contribution in [-0.2, 0) is 14.3 Å². The van der Waals surface area contributed by atoms with E-state index in [1.54, 1.807) is 12.1 Å². The number of esters is 2. The molecule has 4 rings (SSSR count). The van der Waals surface area contributed by atoms with Crippen molar-refractivity contribution in [2.45, 2.75) is 5.25 Å². The van der Waals surface area contributed by atoms with E-state index >= 15 is 0 Å². The number of hydrogen-bond acceptors (Lipinski definition) is 7. The highest BCUT2D eigenvalue weighted by Gasteiger charge is 2.39. The summed E-state index contributed by atoms with van der Waals surface area (Å²) in [5.74, 6) is -3.77. The maximum Gasteiger partial charge on any atom is 0.357 e. The van der Waals surface area contributed by atoms with Crippen LogP contribution in [0.3, 0.4) is 0 Å². The number of nitrogen functional groups attached to an aromatic ring is 1. The van der Waals surface area contributed by atoms with Gasteiger partial charge in [0.2, 0.25) is 5.91 Å². The number of thioether (sulfide) groups is 1. The van der Waals surface area contributed by atoms with E-state index in [4.69, 9.17) is 15.2 Å². The first-order valence-electron chi connectivity index (χ1n) is 9.92. The van der Waals surface area contributed by atoms with E-state index in [2.05, 4.69) is 0 Å². The van der Waals surface area contributed by atoms with E-state index in [9.17, 15) is 23.2 Å². The van der Waals surface area contributed by atoms with Crippen LogP contribution < -0.4 is 16.3 Å². The molecule has 1 aromatic heterocycles. The molecule has 2 heterocycles. The molecule has 3 aromatic rings. The van der Waals surface area contributed by atoms with E-state index in [0.29, 0.717) is 0 Å². The Labute approximate surface area is 196 Å². The molecular formula is C24H18F2N2O5S. The fourth-order valence-corrected chi connectivity index (χ4v) is 4.96. The van der Waals surface area contributed by atoms with E-state index in [-0.39, 0.29) is 38.0 Å². The van der Waals surface area contributed by atoms with Gasteiger partial charge in [0.05, 0.1) is 25.3 Å². The molecule has 0 saturated heterocycles. The Morgan fingerprint density at radius 1 is 1.00 bits per heavy atom. The maximum absolute atomic E-state index is 14.6. The van der Waals surface area contributed by atoms with Gasteiger partial charge in [0.1, 0.15) is 21.8 Å². The van der Waals surface area contributed by atoms with Crippen LogP contribution in [0.4, 0.5) is 14.5 Å². The van der Waals surface area contributed by atoms with Crippen molar-refractivity contribution in [1.82, 2.24) is 4.57 Å². The second-order valence-electron chi connectivity index (χ2n) is 7.20. The standard InChI is InChI=1S/C24H18F2N2O5S/c1-32-23(30)19-17(27)14(11-12-7-3-5-9-15(12)25)18-21(24(31)33-2)34-20(22(29)28(18)19)13-8-4-6-10-16(13)26/h3-11,20H,27H2,1-2H3. The predicted octanol–water partition coefficient (Wildman–Crippen LogP) is 2.37. The molecular weight excluding hydrogens is 466 g/mol. The smallest absolute Gasteiger partial charge is 0.357 e. The average molecular weight is 484 g/mol. The van der Waals surface area contributed by atoms with Crippen LogP contribution in [0.25, 0.3) is 11.0 Å². The highest BCUT2D eigenvalue weighted by Crippen LogP contribution is 2.40. The Balaban J connectivity index is 2.15. The summed E-state index contributed by atoms with van der Waals surface area (Å²) in [6.45, 7) is 0. The first kappa shape index (κ1) is 23.2. The minimum Gasteiger partial charge on any atom is -0.465 e. The number of aromatic nitrogens is 1. The number of fused-ring (bicyclic) bond motifs is 1. The summed E-state index contributed by atoms with van der Waals surface area (Å²) in [5.41, 5.74) is 5.82. The van der Waals surface area contributed by atoms with E-state index < -0.39 is 34.7 Å². The molecule has 0 fully saturated rings. The maximum atomic E-state index is 14.6. The molecule has 174 valence electrons. The van der Waals surface area contributed by atoms with Gasteiger partial charge >= 0.3 is 11.9 Å². The molecule has 1 unspecified atom stereocenters. The van der Waals surface area contributed by atoms with Gasteiger partial charge in [0.15, 0.2) is 5.69 Å². The van der Waals surface area contributed by atoms with Crippen molar-refractivity contribution in [3.63, 3.8) is 0 Å². The second-order valence-corrected chi connectivity index (χ2v) is 8.31. The minimum atomic E-state index is -1.22. The zero-order chi connectivity index (χ0) is 24.6. The van der Waals surface area contributed by atoms with Crippen LogP contribution >= 0.6 is 11.8 Å². The summed E-state index contributed by atoms with van der Waals surface area (Å²) < 4.78 is 39.7. The highest BCUT2D eigenvalue weighted by atomic mass is 32.2. The molecule has 10 heteroatoms. The Kier molecular flexibility index (Phi) is 6.25. The van der Waals surface area contributed by atoms with Gasteiger partial charge in [0.25, 0.3) is 0 Å². The van der Waals surface area contributed by atoms with Crippen molar-refractivity contribution in [3.8, 4) is 0 Å². The van der Waals surface area contributed by atoms with Crippen molar-refractivity contribution >= 4 is 46.3 Å². The first-order valence-corrected chi connectivity index (χ1v) is 10.8. The lowest BCUT2D eigenvalue weighted by atomic mass is 10.1. The lowest BCUT2D eigenvalue weighted by Gasteiger charge is -2.23. The molecule has 1 atom stereocenters. The molecule has 0 aliphatic carbocycles. The molecule has 0 spiro atoms. The number of hydrogen-bond donors (Lipinski definition) is 1. The second kappa shape index (κ2) is 9.14. The average Bonchev–Trinajstić information content (AvgIpc) is 3.13. The number of nitrogens with zero attached hydrogens (tertiary/aromatic N) is 1. The van der Waals surface area contributed by atoms with Gasteiger partial charge in [-0.25, -0.2) is 18.4 Å². The number of anilines is 1. The number of methoxy groups -OCH3 is 2. The molecule has 2 N–H and O–H groups in total. The topological polar surface area (TPSA) is 101 Å². The number of halogens is 2. The van der Waals surface area contributed by atoms with Gasteiger partial charge in [-0.2, -0.15) is 0 Å². The molecule has 0 amide bonds. The molecule has 0 bridgehead atoms. The first-order chi connectivity index (χ1) is 16.3. The van der Waals surface area contributed by atoms with Crippen molar-refractivity contribution in [1.29, 1.82) is 0 Å². The van der Waals surface area contributed by atoms with Crippen molar-refractivity contribution in [3.05, 3.63) is 87.6 Å². The summed E-state index contributed by atoms with van der Waals surface area (Å²) in [7, 11) is 2.24. The summed E-state index contributed by atoms with van der Waals surface area (Å²) in [4.78, 5) is 39.0. The van der Waals surface area contributed by atoms with Gasteiger partial charge in [-0.1, -0.05) is 48.2 Å². The fourth-order valence-electron chi connectivity index (χ4n) is 3.71. The normalized spacial score (nSPS) is 15.8. The lowest BCUT2D eigenvalue weighted by Crippen LogP contribution is -2.42.